The number of imidazole rings is 1. The van der Waals surface area contributed by atoms with Gasteiger partial charge < -0.3 is 5.73 Å². The topological polar surface area (TPSA) is 86.4 Å². The van der Waals surface area contributed by atoms with Gasteiger partial charge in [0.25, 0.3) is 0 Å². The first-order valence-electron chi connectivity index (χ1n) is 8.81. The number of hydrogen-bond acceptors (Lipinski definition) is 5. The summed E-state index contributed by atoms with van der Waals surface area (Å²) < 4.78 is 3.40. The highest BCUT2D eigenvalue weighted by Crippen LogP contribution is 2.25. The minimum Gasteiger partial charge on any atom is -0.367 e. The van der Waals surface area contributed by atoms with Gasteiger partial charge in [-0.3, -0.25) is 4.40 Å². The first-order valence-corrected chi connectivity index (χ1v) is 9.19. The van der Waals surface area contributed by atoms with Gasteiger partial charge in [-0.15, -0.1) is 5.10 Å². The Morgan fingerprint density at radius 3 is 2.35 bits per heavy atom. The van der Waals surface area contributed by atoms with Crippen LogP contribution in [0.5, 0.6) is 0 Å². The Hall–Kier alpha value is -2.67. The minimum atomic E-state index is 0.228. The zero-order valence-electron chi connectivity index (χ0n) is 14.3. The molecule has 0 amide bonds. The first-order chi connectivity index (χ1) is 12.7. The molecule has 0 aromatic carbocycles. The summed E-state index contributed by atoms with van der Waals surface area (Å²) in [5.74, 6) is 0.786. The van der Waals surface area contributed by atoms with Gasteiger partial charge in [-0.25, -0.2) is 19.5 Å². The molecule has 7 nitrogen and oxygen atoms in total. The molecule has 1 aliphatic carbocycles. The molecule has 1 saturated carbocycles. The summed E-state index contributed by atoms with van der Waals surface area (Å²) in [6.45, 7) is 0. The van der Waals surface area contributed by atoms with Crippen molar-refractivity contribution in [3.63, 3.8) is 0 Å². The van der Waals surface area contributed by atoms with Crippen LogP contribution in [0.2, 0.25) is 5.15 Å². The lowest BCUT2D eigenvalue weighted by molar-refractivity contribution is 0.504. The molecule has 0 bridgehead atoms. The molecule has 134 valence electrons. The summed E-state index contributed by atoms with van der Waals surface area (Å²) in [5.41, 5.74) is 8.26. The molecular weight excluding hydrogens is 350 g/mol. The van der Waals surface area contributed by atoms with E-state index in [1.807, 2.05) is 18.5 Å². The fourth-order valence-electron chi connectivity index (χ4n) is 3.20. The van der Waals surface area contributed by atoms with Crippen LogP contribution in [0.25, 0.3) is 22.4 Å². The Kier molecular flexibility index (Phi) is 4.71. The van der Waals surface area contributed by atoms with E-state index in [1.54, 1.807) is 27.5 Å². The molecule has 0 aliphatic heterocycles. The predicted octanol–water partition coefficient (Wildman–Crippen LogP) is 4.02. The second kappa shape index (κ2) is 7.29. The Bertz CT molecular complexity index is 1020. The van der Waals surface area contributed by atoms with Gasteiger partial charge in [0.15, 0.2) is 0 Å². The standard InChI is InChI=1S/C12H8ClN7.C6H12/c13-10-5-17-12-16-3-7(6-19(10)12)8-1-2-20-9(8)4-15-11(14)18-20;1-2-4-6-5-3-1/h1-6H,(H2,14,18);1-6H2. The van der Waals surface area contributed by atoms with Gasteiger partial charge in [0.05, 0.1) is 17.9 Å². The summed E-state index contributed by atoms with van der Waals surface area (Å²) in [7, 11) is 0. The molecule has 1 aliphatic rings. The van der Waals surface area contributed by atoms with Crippen LogP contribution in [0.1, 0.15) is 38.5 Å². The number of aromatic nitrogens is 6. The van der Waals surface area contributed by atoms with E-state index in [1.165, 1.54) is 38.5 Å². The maximum Gasteiger partial charge on any atom is 0.238 e. The number of hydrogen-bond donors (Lipinski definition) is 1. The van der Waals surface area contributed by atoms with Gasteiger partial charge in [-0.1, -0.05) is 50.1 Å². The van der Waals surface area contributed by atoms with Crippen molar-refractivity contribution >= 4 is 28.8 Å². The molecule has 2 N–H and O–H groups in total. The van der Waals surface area contributed by atoms with Gasteiger partial charge in [0.1, 0.15) is 5.15 Å². The molecule has 4 aromatic rings. The van der Waals surface area contributed by atoms with Crippen LogP contribution in [-0.2, 0) is 0 Å². The van der Waals surface area contributed by atoms with E-state index in [-0.39, 0.29) is 5.95 Å². The fraction of sp³-hybridized carbons (Fsp3) is 0.333. The Balaban J connectivity index is 0.000000240. The number of nitrogen functional groups attached to an aromatic ring is 1. The lowest BCUT2D eigenvalue weighted by atomic mass is 10.0. The summed E-state index contributed by atoms with van der Waals surface area (Å²) in [6.07, 6.45) is 17.7. The van der Waals surface area contributed by atoms with Crippen molar-refractivity contribution in [2.45, 2.75) is 38.5 Å². The Morgan fingerprint density at radius 1 is 0.923 bits per heavy atom. The zero-order chi connectivity index (χ0) is 17.9. The second-order valence-corrected chi connectivity index (χ2v) is 6.78. The lowest BCUT2D eigenvalue weighted by Gasteiger charge is -2.05. The van der Waals surface area contributed by atoms with Crippen LogP contribution >= 0.6 is 11.6 Å². The van der Waals surface area contributed by atoms with E-state index in [0.29, 0.717) is 10.9 Å². The van der Waals surface area contributed by atoms with Gasteiger partial charge in [-0.05, 0) is 6.07 Å². The van der Waals surface area contributed by atoms with Crippen LogP contribution < -0.4 is 5.73 Å². The second-order valence-electron chi connectivity index (χ2n) is 6.39. The van der Waals surface area contributed by atoms with Crippen molar-refractivity contribution < 1.29 is 0 Å². The van der Waals surface area contributed by atoms with Gasteiger partial charge >= 0.3 is 0 Å². The third-order valence-electron chi connectivity index (χ3n) is 4.56. The Morgan fingerprint density at radius 2 is 1.62 bits per heavy atom. The van der Waals surface area contributed by atoms with Gasteiger partial charge in [0, 0.05) is 29.7 Å². The zero-order valence-corrected chi connectivity index (χ0v) is 15.1. The molecule has 4 heterocycles. The van der Waals surface area contributed by atoms with Crippen molar-refractivity contribution in [2.75, 3.05) is 5.73 Å². The van der Waals surface area contributed by atoms with Crippen molar-refractivity contribution in [1.82, 2.24) is 29.0 Å². The van der Waals surface area contributed by atoms with Crippen molar-refractivity contribution in [3.05, 3.63) is 42.2 Å². The molecule has 0 saturated heterocycles. The quantitative estimate of drug-likeness (QED) is 0.547. The molecule has 26 heavy (non-hydrogen) atoms. The number of nitrogens with two attached hydrogens (primary N) is 1. The molecule has 8 heteroatoms. The first kappa shape index (κ1) is 16.8. The normalized spacial score (nSPS) is 14.3. The van der Waals surface area contributed by atoms with Crippen LogP contribution in [0.4, 0.5) is 5.95 Å². The average Bonchev–Trinajstić information content (AvgIpc) is 3.27. The highest BCUT2D eigenvalue weighted by Gasteiger charge is 2.10. The van der Waals surface area contributed by atoms with Crippen molar-refractivity contribution in [1.29, 1.82) is 0 Å². The third kappa shape index (κ3) is 3.35. The minimum absolute atomic E-state index is 0.228. The lowest BCUT2D eigenvalue weighted by Crippen LogP contribution is -1.99. The van der Waals surface area contributed by atoms with E-state index in [0.717, 1.165) is 16.6 Å². The smallest absolute Gasteiger partial charge is 0.238 e. The maximum absolute atomic E-state index is 6.06. The van der Waals surface area contributed by atoms with Gasteiger partial charge in [0.2, 0.25) is 11.7 Å². The summed E-state index contributed by atoms with van der Waals surface area (Å²) in [5, 5.41) is 4.62. The van der Waals surface area contributed by atoms with Crippen LogP contribution in [-0.4, -0.2) is 29.0 Å². The number of fused-ring (bicyclic) bond motifs is 2. The summed E-state index contributed by atoms with van der Waals surface area (Å²) >= 11 is 6.06. The Labute approximate surface area is 155 Å². The SMILES string of the molecule is C1CCCCC1.Nc1ncc2c(-c3cnc4ncc(Cl)n4c3)ccn2n1. The van der Waals surface area contributed by atoms with Crippen molar-refractivity contribution in [2.24, 2.45) is 0 Å². The predicted molar refractivity (Wildman–Crippen MR) is 102 cm³/mol. The number of anilines is 1. The van der Waals surface area contributed by atoms with Crippen molar-refractivity contribution in [3.8, 4) is 11.1 Å². The maximum atomic E-state index is 6.06. The summed E-state index contributed by atoms with van der Waals surface area (Å²) in [6, 6.07) is 1.93. The summed E-state index contributed by atoms with van der Waals surface area (Å²) in [4.78, 5) is 12.4. The molecule has 0 unspecified atom stereocenters. The number of nitrogens with zero attached hydrogens (tertiary/aromatic N) is 6. The molecule has 4 aromatic heterocycles. The third-order valence-corrected chi connectivity index (χ3v) is 4.84. The van der Waals surface area contributed by atoms with E-state index in [9.17, 15) is 0 Å². The number of halogens is 1. The largest absolute Gasteiger partial charge is 0.367 e. The highest BCUT2D eigenvalue weighted by atomic mass is 35.5. The number of rotatable bonds is 1. The van der Waals surface area contributed by atoms with Crippen LogP contribution in [0, 0.1) is 0 Å². The highest BCUT2D eigenvalue weighted by molar-refractivity contribution is 6.29. The monoisotopic (exact) mass is 369 g/mol. The van der Waals surface area contributed by atoms with Crippen LogP contribution in [0.15, 0.2) is 37.1 Å². The molecule has 0 atom stereocenters. The van der Waals surface area contributed by atoms with E-state index >= 15 is 0 Å². The van der Waals surface area contributed by atoms with E-state index in [4.69, 9.17) is 17.3 Å². The molecule has 0 spiro atoms. The average molecular weight is 370 g/mol. The molecule has 5 rings (SSSR count). The molecule has 0 radical (unpaired) electrons. The molecular formula is C18H20ClN7. The van der Waals surface area contributed by atoms with Gasteiger partial charge in [-0.2, -0.15) is 0 Å². The molecule has 1 fully saturated rings. The van der Waals surface area contributed by atoms with E-state index in [2.05, 4.69) is 20.1 Å². The fourth-order valence-corrected chi connectivity index (χ4v) is 3.38. The van der Waals surface area contributed by atoms with Crippen LogP contribution in [0.3, 0.4) is 0 Å². The van der Waals surface area contributed by atoms with E-state index < -0.39 is 0 Å².